The molecular formula is C21H19Br2N. The lowest BCUT2D eigenvalue weighted by atomic mass is 10.1. The molecule has 0 aliphatic carbocycles. The summed E-state index contributed by atoms with van der Waals surface area (Å²) in [6.07, 6.45) is 0. The molecule has 0 aromatic heterocycles. The van der Waals surface area contributed by atoms with Crippen molar-refractivity contribution in [1.29, 1.82) is 0 Å². The highest BCUT2D eigenvalue weighted by Gasteiger charge is 2.11. The van der Waals surface area contributed by atoms with Crippen molar-refractivity contribution in [3.63, 3.8) is 0 Å². The average Bonchev–Trinajstić information content (AvgIpc) is 2.60. The third kappa shape index (κ3) is 4.79. The Kier molecular flexibility index (Phi) is 6.24. The van der Waals surface area contributed by atoms with Gasteiger partial charge < -0.3 is 0 Å². The van der Waals surface area contributed by atoms with Gasteiger partial charge in [0.25, 0.3) is 0 Å². The van der Waals surface area contributed by atoms with Gasteiger partial charge in [-0.1, -0.05) is 98.6 Å². The Hall–Kier alpha value is -1.42. The zero-order valence-electron chi connectivity index (χ0n) is 13.3. The van der Waals surface area contributed by atoms with Crippen molar-refractivity contribution in [2.45, 2.75) is 19.6 Å². The van der Waals surface area contributed by atoms with E-state index < -0.39 is 0 Å². The standard InChI is InChI=1S/C21H19Br2N/c22-20-12-6-4-10-18(20)15-24(14-17-8-2-1-3-9-17)16-19-11-5-7-13-21(19)23/h1-13H,14-16H2. The van der Waals surface area contributed by atoms with E-state index in [-0.39, 0.29) is 0 Å². The largest absolute Gasteiger partial charge is 0.290 e. The average molecular weight is 445 g/mol. The van der Waals surface area contributed by atoms with Crippen LogP contribution < -0.4 is 0 Å². The molecule has 0 amide bonds. The maximum absolute atomic E-state index is 3.67. The van der Waals surface area contributed by atoms with Gasteiger partial charge >= 0.3 is 0 Å². The van der Waals surface area contributed by atoms with Gasteiger partial charge in [-0.25, -0.2) is 0 Å². The molecule has 0 atom stereocenters. The Labute approximate surface area is 160 Å². The summed E-state index contributed by atoms with van der Waals surface area (Å²) in [5, 5.41) is 0. The van der Waals surface area contributed by atoms with E-state index in [4.69, 9.17) is 0 Å². The molecule has 0 N–H and O–H groups in total. The molecule has 24 heavy (non-hydrogen) atoms. The molecule has 0 aliphatic heterocycles. The highest BCUT2D eigenvalue weighted by molar-refractivity contribution is 9.10. The number of benzene rings is 3. The number of rotatable bonds is 6. The van der Waals surface area contributed by atoms with E-state index in [1.807, 2.05) is 0 Å². The second-order valence-corrected chi connectivity index (χ2v) is 7.52. The minimum atomic E-state index is 0.900. The highest BCUT2D eigenvalue weighted by Crippen LogP contribution is 2.23. The van der Waals surface area contributed by atoms with Crippen molar-refractivity contribution in [2.24, 2.45) is 0 Å². The number of hydrogen-bond donors (Lipinski definition) is 0. The van der Waals surface area contributed by atoms with E-state index in [9.17, 15) is 0 Å². The summed E-state index contributed by atoms with van der Waals surface area (Å²) < 4.78 is 2.32. The zero-order chi connectivity index (χ0) is 16.8. The Morgan fingerprint density at radius 3 is 1.50 bits per heavy atom. The molecular weight excluding hydrogens is 426 g/mol. The quantitative estimate of drug-likeness (QED) is 0.424. The topological polar surface area (TPSA) is 3.24 Å². The molecule has 1 nitrogen and oxygen atoms in total. The maximum Gasteiger partial charge on any atom is 0.0252 e. The molecule has 122 valence electrons. The van der Waals surface area contributed by atoms with Crippen molar-refractivity contribution in [2.75, 3.05) is 0 Å². The highest BCUT2D eigenvalue weighted by atomic mass is 79.9. The molecule has 0 spiro atoms. The first-order chi connectivity index (χ1) is 11.7. The van der Waals surface area contributed by atoms with Crippen LogP contribution in [0.5, 0.6) is 0 Å². The van der Waals surface area contributed by atoms with Crippen LogP contribution in [-0.4, -0.2) is 4.90 Å². The Morgan fingerprint density at radius 1 is 0.542 bits per heavy atom. The van der Waals surface area contributed by atoms with E-state index in [1.165, 1.54) is 16.7 Å². The van der Waals surface area contributed by atoms with Gasteiger partial charge in [-0.3, -0.25) is 4.90 Å². The molecule has 0 aliphatic rings. The van der Waals surface area contributed by atoms with Crippen molar-refractivity contribution >= 4 is 31.9 Å². The van der Waals surface area contributed by atoms with Crippen LogP contribution in [0.4, 0.5) is 0 Å². The fraction of sp³-hybridized carbons (Fsp3) is 0.143. The summed E-state index contributed by atoms with van der Waals surface area (Å²) in [5.74, 6) is 0. The van der Waals surface area contributed by atoms with Crippen LogP contribution in [0.3, 0.4) is 0 Å². The smallest absolute Gasteiger partial charge is 0.0252 e. The van der Waals surface area contributed by atoms with Crippen LogP contribution >= 0.6 is 31.9 Å². The van der Waals surface area contributed by atoms with Crippen molar-refractivity contribution in [3.8, 4) is 0 Å². The first-order valence-electron chi connectivity index (χ1n) is 7.95. The molecule has 0 saturated heterocycles. The number of nitrogens with zero attached hydrogens (tertiary/aromatic N) is 1. The molecule has 3 rings (SSSR count). The fourth-order valence-electron chi connectivity index (χ4n) is 2.74. The number of halogens is 2. The fourth-order valence-corrected chi connectivity index (χ4v) is 3.56. The van der Waals surface area contributed by atoms with E-state index in [0.29, 0.717) is 0 Å². The van der Waals surface area contributed by atoms with Crippen LogP contribution in [0.15, 0.2) is 87.8 Å². The molecule has 0 bridgehead atoms. The van der Waals surface area contributed by atoms with Gasteiger partial charge in [0, 0.05) is 28.6 Å². The lowest BCUT2D eigenvalue weighted by Crippen LogP contribution is -2.22. The van der Waals surface area contributed by atoms with Gasteiger partial charge in [-0.05, 0) is 28.8 Å². The van der Waals surface area contributed by atoms with Crippen molar-refractivity contribution < 1.29 is 0 Å². The van der Waals surface area contributed by atoms with Crippen molar-refractivity contribution in [3.05, 3.63) is 104 Å². The first-order valence-corrected chi connectivity index (χ1v) is 9.54. The Bertz CT molecular complexity index is 739. The molecule has 0 fully saturated rings. The van der Waals surface area contributed by atoms with Crippen LogP contribution in [0.25, 0.3) is 0 Å². The molecule has 0 radical (unpaired) electrons. The van der Waals surface area contributed by atoms with Crippen LogP contribution in [0, 0.1) is 0 Å². The minimum Gasteiger partial charge on any atom is -0.290 e. The molecule has 0 saturated carbocycles. The van der Waals surface area contributed by atoms with Crippen molar-refractivity contribution in [1.82, 2.24) is 4.90 Å². The van der Waals surface area contributed by atoms with Crippen LogP contribution in [-0.2, 0) is 19.6 Å². The van der Waals surface area contributed by atoms with Crippen LogP contribution in [0.2, 0.25) is 0 Å². The summed E-state index contributed by atoms with van der Waals surface area (Å²) in [6.45, 7) is 2.72. The van der Waals surface area contributed by atoms with Crippen LogP contribution in [0.1, 0.15) is 16.7 Å². The van der Waals surface area contributed by atoms with Gasteiger partial charge in [-0.15, -0.1) is 0 Å². The van der Waals surface area contributed by atoms with E-state index in [1.54, 1.807) is 0 Å². The third-order valence-electron chi connectivity index (χ3n) is 3.95. The summed E-state index contributed by atoms with van der Waals surface area (Å²) in [4.78, 5) is 2.47. The third-order valence-corrected chi connectivity index (χ3v) is 5.50. The summed E-state index contributed by atoms with van der Waals surface area (Å²) in [6, 6.07) is 27.5. The molecule has 0 unspecified atom stereocenters. The Balaban J connectivity index is 1.83. The van der Waals surface area contributed by atoms with Gasteiger partial charge in [0.05, 0.1) is 0 Å². The summed E-state index contributed by atoms with van der Waals surface area (Å²) in [7, 11) is 0. The van der Waals surface area contributed by atoms with E-state index >= 15 is 0 Å². The maximum atomic E-state index is 3.67. The zero-order valence-corrected chi connectivity index (χ0v) is 16.5. The predicted molar refractivity (Wildman–Crippen MR) is 108 cm³/mol. The summed E-state index contributed by atoms with van der Waals surface area (Å²) >= 11 is 7.35. The van der Waals surface area contributed by atoms with E-state index in [0.717, 1.165) is 28.6 Å². The second-order valence-electron chi connectivity index (χ2n) is 5.81. The molecule has 3 aromatic carbocycles. The summed E-state index contributed by atoms with van der Waals surface area (Å²) in [5.41, 5.74) is 3.94. The minimum absolute atomic E-state index is 0.900. The molecule has 0 heterocycles. The Morgan fingerprint density at radius 2 is 1.00 bits per heavy atom. The van der Waals surface area contributed by atoms with Gasteiger partial charge in [0.1, 0.15) is 0 Å². The predicted octanol–water partition coefficient (Wildman–Crippen LogP) is 6.41. The lowest BCUT2D eigenvalue weighted by Gasteiger charge is -2.24. The van der Waals surface area contributed by atoms with E-state index in [2.05, 4.69) is 116 Å². The number of hydrogen-bond acceptors (Lipinski definition) is 1. The second kappa shape index (κ2) is 8.61. The monoisotopic (exact) mass is 443 g/mol. The van der Waals surface area contributed by atoms with Gasteiger partial charge in [0.15, 0.2) is 0 Å². The first kappa shape index (κ1) is 17.4. The SMILES string of the molecule is Brc1ccccc1CN(Cc1ccccc1)Cc1ccccc1Br. The van der Waals surface area contributed by atoms with Gasteiger partial charge in [-0.2, -0.15) is 0 Å². The lowest BCUT2D eigenvalue weighted by molar-refractivity contribution is 0.247. The van der Waals surface area contributed by atoms with Gasteiger partial charge in [0.2, 0.25) is 0 Å². The normalized spacial score (nSPS) is 11.0. The molecule has 3 aromatic rings. The molecule has 3 heteroatoms.